The Morgan fingerprint density at radius 3 is 2.55 bits per heavy atom. The zero-order valence-electron chi connectivity index (χ0n) is 16.6. The van der Waals surface area contributed by atoms with Crippen molar-refractivity contribution in [2.24, 2.45) is 0 Å². The van der Waals surface area contributed by atoms with Crippen molar-refractivity contribution < 1.29 is 23.7 Å². The van der Waals surface area contributed by atoms with Crippen molar-refractivity contribution in [2.45, 2.75) is 18.6 Å². The number of carbonyl (C=O) groups excluding carboxylic acids is 1. The lowest BCUT2D eigenvalue weighted by atomic mass is 10.0. The van der Waals surface area contributed by atoms with Crippen LogP contribution in [0.2, 0.25) is 0 Å². The van der Waals surface area contributed by atoms with Crippen LogP contribution in [0.1, 0.15) is 23.2 Å². The average Bonchev–Trinajstić information content (AvgIpc) is 3.22. The monoisotopic (exact) mass is 399 g/mol. The second kappa shape index (κ2) is 8.26. The van der Waals surface area contributed by atoms with Crippen LogP contribution in [-0.4, -0.2) is 57.2 Å². The highest BCUT2D eigenvalue weighted by molar-refractivity contribution is 6.05. The number of hydrogen-bond donors (Lipinski definition) is 1. The Morgan fingerprint density at radius 2 is 1.86 bits per heavy atom. The first-order valence-corrected chi connectivity index (χ1v) is 9.65. The van der Waals surface area contributed by atoms with E-state index in [-0.39, 0.29) is 5.91 Å². The van der Waals surface area contributed by atoms with Gasteiger partial charge in [0.05, 0.1) is 33.1 Å². The SMILES string of the molecule is COc1ccc(NC(=O)c2ccnc(N3CCC4(CC3)OCCO4)c2)c(OC)c1. The summed E-state index contributed by atoms with van der Waals surface area (Å²) in [5, 5.41) is 2.89. The minimum absolute atomic E-state index is 0.229. The van der Waals surface area contributed by atoms with Gasteiger partial charge in [-0.1, -0.05) is 0 Å². The van der Waals surface area contributed by atoms with Gasteiger partial charge in [-0.05, 0) is 24.3 Å². The molecule has 3 heterocycles. The Kier molecular flexibility index (Phi) is 5.55. The van der Waals surface area contributed by atoms with Crippen molar-refractivity contribution in [1.82, 2.24) is 4.98 Å². The summed E-state index contributed by atoms with van der Waals surface area (Å²) in [6.07, 6.45) is 3.23. The molecule has 1 spiro atoms. The second-order valence-corrected chi connectivity index (χ2v) is 7.02. The first-order valence-electron chi connectivity index (χ1n) is 9.65. The fourth-order valence-electron chi connectivity index (χ4n) is 3.69. The van der Waals surface area contributed by atoms with Crippen molar-refractivity contribution in [3.8, 4) is 11.5 Å². The molecule has 1 N–H and O–H groups in total. The smallest absolute Gasteiger partial charge is 0.255 e. The summed E-state index contributed by atoms with van der Waals surface area (Å²) < 4.78 is 22.1. The number of methoxy groups -OCH3 is 2. The molecule has 0 atom stereocenters. The molecule has 0 aliphatic carbocycles. The normalized spacial score (nSPS) is 17.9. The van der Waals surface area contributed by atoms with Gasteiger partial charge in [0.1, 0.15) is 17.3 Å². The van der Waals surface area contributed by atoms with Gasteiger partial charge in [0.15, 0.2) is 5.79 Å². The van der Waals surface area contributed by atoms with E-state index in [4.69, 9.17) is 18.9 Å². The Morgan fingerprint density at radius 1 is 1.10 bits per heavy atom. The second-order valence-electron chi connectivity index (χ2n) is 7.02. The van der Waals surface area contributed by atoms with E-state index in [1.807, 2.05) is 0 Å². The molecule has 2 aliphatic heterocycles. The third-order valence-electron chi connectivity index (χ3n) is 5.33. The van der Waals surface area contributed by atoms with E-state index in [1.165, 1.54) is 0 Å². The molecule has 4 rings (SSSR count). The molecule has 2 saturated heterocycles. The third kappa shape index (κ3) is 4.13. The van der Waals surface area contributed by atoms with Gasteiger partial charge in [0, 0.05) is 43.8 Å². The van der Waals surface area contributed by atoms with E-state index in [0.29, 0.717) is 36.0 Å². The maximum atomic E-state index is 12.8. The summed E-state index contributed by atoms with van der Waals surface area (Å²) in [7, 11) is 3.13. The Bertz CT molecular complexity index is 872. The average molecular weight is 399 g/mol. The fourth-order valence-corrected chi connectivity index (χ4v) is 3.69. The number of piperidine rings is 1. The largest absolute Gasteiger partial charge is 0.497 e. The predicted molar refractivity (Wildman–Crippen MR) is 108 cm³/mol. The topological polar surface area (TPSA) is 82.2 Å². The van der Waals surface area contributed by atoms with Crippen molar-refractivity contribution in [2.75, 3.05) is 50.7 Å². The first-order chi connectivity index (χ1) is 14.1. The fraction of sp³-hybridized carbons (Fsp3) is 0.429. The highest BCUT2D eigenvalue weighted by Gasteiger charge is 2.40. The molecule has 8 nitrogen and oxygen atoms in total. The van der Waals surface area contributed by atoms with Crippen LogP contribution in [0.3, 0.4) is 0 Å². The molecule has 0 bridgehead atoms. The molecule has 1 amide bonds. The molecule has 2 fully saturated rings. The number of pyridine rings is 1. The summed E-state index contributed by atoms with van der Waals surface area (Å²) >= 11 is 0. The number of anilines is 2. The summed E-state index contributed by atoms with van der Waals surface area (Å²) in [5.41, 5.74) is 1.11. The molecule has 1 aromatic heterocycles. The number of ether oxygens (including phenoxy) is 4. The van der Waals surface area contributed by atoms with Crippen LogP contribution in [0.5, 0.6) is 11.5 Å². The number of carbonyl (C=O) groups is 1. The Hall–Kier alpha value is -2.84. The van der Waals surface area contributed by atoms with Gasteiger partial charge >= 0.3 is 0 Å². The van der Waals surface area contributed by atoms with Crippen molar-refractivity contribution in [3.63, 3.8) is 0 Å². The van der Waals surface area contributed by atoms with Crippen molar-refractivity contribution in [3.05, 3.63) is 42.1 Å². The number of nitrogens with one attached hydrogen (secondary N) is 1. The number of aromatic nitrogens is 1. The van der Waals surface area contributed by atoms with Crippen LogP contribution in [0.15, 0.2) is 36.5 Å². The number of benzene rings is 1. The molecule has 2 aliphatic rings. The van der Waals surface area contributed by atoms with Gasteiger partial charge in [-0.2, -0.15) is 0 Å². The maximum absolute atomic E-state index is 12.8. The van der Waals surface area contributed by atoms with Crippen LogP contribution in [0.4, 0.5) is 11.5 Å². The summed E-state index contributed by atoms with van der Waals surface area (Å²) in [4.78, 5) is 19.4. The lowest BCUT2D eigenvalue weighted by molar-refractivity contribution is -0.169. The Labute approximate surface area is 169 Å². The zero-order valence-corrected chi connectivity index (χ0v) is 16.6. The number of nitrogens with zero attached hydrogens (tertiary/aromatic N) is 2. The van der Waals surface area contributed by atoms with E-state index in [2.05, 4.69) is 15.2 Å². The zero-order chi connectivity index (χ0) is 20.3. The van der Waals surface area contributed by atoms with Crippen LogP contribution in [-0.2, 0) is 9.47 Å². The van der Waals surface area contributed by atoms with Crippen molar-refractivity contribution >= 4 is 17.4 Å². The van der Waals surface area contributed by atoms with Crippen LogP contribution in [0.25, 0.3) is 0 Å². The van der Waals surface area contributed by atoms with Crippen molar-refractivity contribution in [1.29, 1.82) is 0 Å². The van der Waals surface area contributed by atoms with Gasteiger partial charge in [0.2, 0.25) is 0 Å². The van der Waals surface area contributed by atoms with E-state index >= 15 is 0 Å². The summed E-state index contributed by atoms with van der Waals surface area (Å²) in [6.45, 7) is 2.85. The molecule has 0 saturated carbocycles. The maximum Gasteiger partial charge on any atom is 0.255 e. The quantitative estimate of drug-likeness (QED) is 0.828. The highest BCUT2D eigenvalue weighted by atomic mass is 16.7. The molecule has 154 valence electrons. The molecule has 29 heavy (non-hydrogen) atoms. The standard InChI is InChI=1S/C21H25N3O5/c1-26-16-3-4-17(18(14-16)27-2)23-20(25)15-5-8-22-19(13-15)24-9-6-21(7-10-24)28-11-12-29-21/h3-5,8,13-14H,6-7,9-12H2,1-2H3,(H,23,25). The minimum atomic E-state index is -0.434. The van der Waals surface area contributed by atoms with E-state index < -0.39 is 5.79 Å². The third-order valence-corrected chi connectivity index (χ3v) is 5.33. The number of amides is 1. The minimum Gasteiger partial charge on any atom is -0.497 e. The molecule has 8 heteroatoms. The van der Waals surface area contributed by atoms with Crippen LogP contribution < -0.4 is 19.7 Å². The van der Waals surface area contributed by atoms with E-state index in [1.54, 1.807) is 50.7 Å². The predicted octanol–water partition coefficient (Wildman–Crippen LogP) is 2.69. The molecule has 1 aromatic carbocycles. The molecular formula is C21H25N3O5. The highest BCUT2D eigenvalue weighted by Crippen LogP contribution is 2.33. The molecular weight excluding hydrogens is 374 g/mol. The number of rotatable bonds is 5. The summed E-state index contributed by atoms with van der Waals surface area (Å²) in [5.74, 6) is 1.30. The van der Waals surface area contributed by atoms with Gasteiger partial charge in [-0.25, -0.2) is 4.98 Å². The van der Waals surface area contributed by atoms with Crippen LogP contribution in [0, 0.1) is 0 Å². The molecule has 2 aromatic rings. The lowest BCUT2D eigenvalue weighted by Crippen LogP contribution is -2.45. The van der Waals surface area contributed by atoms with Gasteiger partial charge in [-0.3, -0.25) is 4.79 Å². The Balaban J connectivity index is 1.45. The number of hydrogen-bond acceptors (Lipinski definition) is 7. The molecule has 0 unspecified atom stereocenters. The first kappa shape index (κ1) is 19.5. The van der Waals surface area contributed by atoms with Gasteiger partial charge < -0.3 is 29.2 Å². The van der Waals surface area contributed by atoms with E-state index in [9.17, 15) is 4.79 Å². The van der Waals surface area contributed by atoms with Gasteiger partial charge in [0.25, 0.3) is 5.91 Å². The molecule has 0 radical (unpaired) electrons. The summed E-state index contributed by atoms with van der Waals surface area (Å²) in [6, 6.07) is 8.75. The van der Waals surface area contributed by atoms with Gasteiger partial charge in [-0.15, -0.1) is 0 Å². The van der Waals surface area contributed by atoms with Crippen LogP contribution >= 0.6 is 0 Å². The lowest BCUT2D eigenvalue weighted by Gasteiger charge is -2.38. The van der Waals surface area contributed by atoms with E-state index in [0.717, 1.165) is 31.7 Å².